The van der Waals surface area contributed by atoms with Gasteiger partial charge in [-0.25, -0.2) is 0 Å². The van der Waals surface area contributed by atoms with Gasteiger partial charge in [0.05, 0.1) is 27.1 Å². The minimum absolute atomic E-state index is 0.0235. The predicted molar refractivity (Wildman–Crippen MR) is 82.6 cm³/mol. The van der Waals surface area contributed by atoms with Gasteiger partial charge in [-0.05, 0) is 32.8 Å². The van der Waals surface area contributed by atoms with E-state index in [1.54, 1.807) is 6.07 Å². The molecule has 0 aliphatic heterocycles. The lowest BCUT2D eigenvalue weighted by Gasteiger charge is -2.22. The molecule has 0 aliphatic carbocycles. The zero-order chi connectivity index (χ0) is 14.6. The first-order valence-electron chi connectivity index (χ1n) is 5.85. The first-order chi connectivity index (χ1) is 8.69. The van der Waals surface area contributed by atoms with E-state index in [9.17, 15) is 10.1 Å². The first kappa shape index (κ1) is 15.4. The highest BCUT2D eigenvalue weighted by molar-refractivity contribution is 8.00. The van der Waals surface area contributed by atoms with Gasteiger partial charge in [0.15, 0.2) is 5.25 Å². The molecule has 0 heterocycles. The summed E-state index contributed by atoms with van der Waals surface area (Å²) in [5.41, 5.74) is 1.45. The van der Waals surface area contributed by atoms with Crippen molar-refractivity contribution in [3.05, 3.63) is 33.9 Å². The molecule has 0 unspecified atom stereocenters. The Hall–Kier alpha value is -1.67. The van der Waals surface area contributed by atoms with Crippen LogP contribution in [-0.2, 0) is 10.9 Å². The molecule has 0 bridgehead atoms. The van der Waals surface area contributed by atoms with E-state index < -0.39 is 4.92 Å². The van der Waals surface area contributed by atoms with Crippen molar-refractivity contribution in [2.75, 3.05) is 17.8 Å². The minimum Gasteiger partial charge on any atom is -0.379 e. The third-order valence-electron chi connectivity index (χ3n) is 2.11. The van der Waals surface area contributed by atoms with Gasteiger partial charge >= 0.3 is 0 Å². The lowest BCUT2D eigenvalue weighted by atomic mass is 10.1. The highest BCUT2D eigenvalue weighted by atomic mass is 32.2. The number of anilines is 1. The number of nitrogens with one attached hydrogen (secondary N) is 1. The Bertz CT molecular complexity index is 537. The van der Waals surface area contributed by atoms with E-state index in [2.05, 4.69) is 16.5 Å². The molecule has 0 aromatic heterocycles. The Morgan fingerprint density at radius 1 is 1.32 bits per heavy atom. The Kier molecular flexibility index (Phi) is 4.84. The summed E-state index contributed by atoms with van der Waals surface area (Å²) >= 11 is 0. The summed E-state index contributed by atoms with van der Waals surface area (Å²) < 4.78 is 0. The molecule has 0 spiro atoms. The van der Waals surface area contributed by atoms with Gasteiger partial charge in [-0.2, -0.15) is 0 Å². The molecule has 1 rings (SSSR count). The SMILES string of the molecule is C[S+](C)C#Cc1cc([N+](=O)[O-])ccc1NC(C)(C)C. The van der Waals surface area contributed by atoms with Gasteiger partial charge in [0.1, 0.15) is 12.5 Å². The number of nitrogens with zero attached hydrogens (tertiary/aromatic N) is 1. The molecule has 1 aromatic rings. The molecule has 5 heteroatoms. The van der Waals surface area contributed by atoms with Crippen molar-refractivity contribution in [2.45, 2.75) is 26.3 Å². The molecule has 0 amide bonds. The largest absolute Gasteiger partial charge is 0.379 e. The molecule has 0 atom stereocenters. The maximum atomic E-state index is 10.8. The van der Waals surface area contributed by atoms with Crippen molar-refractivity contribution >= 4 is 22.3 Å². The Labute approximate surface area is 117 Å². The second-order valence-electron chi connectivity index (χ2n) is 5.41. The average Bonchev–Trinajstić information content (AvgIpc) is 2.25. The van der Waals surface area contributed by atoms with Crippen molar-refractivity contribution in [1.82, 2.24) is 0 Å². The van der Waals surface area contributed by atoms with Crippen molar-refractivity contribution in [3.63, 3.8) is 0 Å². The van der Waals surface area contributed by atoms with E-state index >= 15 is 0 Å². The fraction of sp³-hybridized carbons (Fsp3) is 0.429. The van der Waals surface area contributed by atoms with Crippen LogP contribution in [0.25, 0.3) is 0 Å². The summed E-state index contributed by atoms with van der Waals surface area (Å²) in [7, 11) is -0.0235. The number of hydrogen-bond donors (Lipinski definition) is 1. The van der Waals surface area contributed by atoms with Crippen LogP contribution in [0.5, 0.6) is 0 Å². The van der Waals surface area contributed by atoms with Crippen LogP contribution < -0.4 is 5.32 Å². The van der Waals surface area contributed by atoms with Gasteiger partial charge in [0, 0.05) is 17.7 Å². The third-order valence-corrected chi connectivity index (χ3v) is 2.62. The molecule has 0 fully saturated rings. The Balaban J connectivity index is 3.24. The number of nitro groups is 1. The van der Waals surface area contributed by atoms with Crippen LogP contribution in [0.3, 0.4) is 0 Å². The molecule has 4 nitrogen and oxygen atoms in total. The molecule has 0 saturated carbocycles. The number of hydrogen-bond acceptors (Lipinski definition) is 3. The van der Waals surface area contributed by atoms with E-state index in [1.807, 2.05) is 33.3 Å². The van der Waals surface area contributed by atoms with E-state index in [-0.39, 0.29) is 22.1 Å². The lowest BCUT2D eigenvalue weighted by Crippen LogP contribution is -2.26. The molecule has 0 saturated heterocycles. The summed E-state index contributed by atoms with van der Waals surface area (Å²) in [4.78, 5) is 10.4. The molecule has 0 aliphatic rings. The summed E-state index contributed by atoms with van der Waals surface area (Å²) in [5, 5.41) is 17.2. The third kappa shape index (κ3) is 5.23. The maximum Gasteiger partial charge on any atom is 0.270 e. The van der Waals surface area contributed by atoms with Crippen molar-refractivity contribution in [2.24, 2.45) is 0 Å². The van der Waals surface area contributed by atoms with Gasteiger partial charge in [0.25, 0.3) is 5.69 Å². The Morgan fingerprint density at radius 2 is 1.95 bits per heavy atom. The van der Waals surface area contributed by atoms with Gasteiger partial charge in [0.2, 0.25) is 0 Å². The van der Waals surface area contributed by atoms with Crippen molar-refractivity contribution in [3.8, 4) is 11.2 Å². The molecule has 0 radical (unpaired) electrons. The van der Waals surface area contributed by atoms with Crippen LogP contribution in [0, 0.1) is 21.3 Å². The van der Waals surface area contributed by atoms with Crippen LogP contribution in [-0.4, -0.2) is 23.0 Å². The van der Waals surface area contributed by atoms with Crippen LogP contribution in [0.2, 0.25) is 0 Å². The van der Waals surface area contributed by atoms with Crippen LogP contribution in [0.1, 0.15) is 26.3 Å². The first-order valence-corrected chi connectivity index (χ1v) is 7.89. The summed E-state index contributed by atoms with van der Waals surface area (Å²) in [5.74, 6) is 3.03. The zero-order valence-corrected chi connectivity index (χ0v) is 12.7. The maximum absolute atomic E-state index is 10.8. The highest BCUT2D eigenvalue weighted by Gasteiger charge is 2.15. The topological polar surface area (TPSA) is 55.2 Å². The fourth-order valence-electron chi connectivity index (χ4n) is 1.42. The smallest absolute Gasteiger partial charge is 0.270 e. The summed E-state index contributed by atoms with van der Waals surface area (Å²) in [6, 6.07) is 4.74. The monoisotopic (exact) mass is 279 g/mol. The fourth-order valence-corrected chi connectivity index (χ4v) is 1.73. The van der Waals surface area contributed by atoms with Gasteiger partial charge in [-0.3, -0.25) is 10.1 Å². The quantitative estimate of drug-likeness (QED) is 0.392. The van der Waals surface area contributed by atoms with E-state index in [0.29, 0.717) is 5.56 Å². The normalized spacial score (nSPS) is 10.8. The van der Waals surface area contributed by atoms with Crippen molar-refractivity contribution in [1.29, 1.82) is 0 Å². The van der Waals surface area contributed by atoms with Gasteiger partial charge in [-0.15, -0.1) is 0 Å². The van der Waals surface area contributed by atoms with E-state index in [1.165, 1.54) is 12.1 Å². The zero-order valence-electron chi connectivity index (χ0n) is 11.9. The van der Waals surface area contributed by atoms with Gasteiger partial charge < -0.3 is 5.32 Å². The second kappa shape index (κ2) is 5.98. The average molecular weight is 279 g/mol. The van der Waals surface area contributed by atoms with Crippen LogP contribution >= 0.6 is 0 Å². The number of benzene rings is 1. The number of nitro benzene ring substituents is 1. The second-order valence-corrected chi connectivity index (χ2v) is 7.24. The van der Waals surface area contributed by atoms with E-state index in [0.717, 1.165) is 5.69 Å². The van der Waals surface area contributed by atoms with E-state index in [4.69, 9.17) is 0 Å². The Morgan fingerprint density at radius 3 is 2.42 bits per heavy atom. The minimum atomic E-state index is -0.399. The molecule has 1 aromatic carbocycles. The summed E-state index contributed by atoms with van der Waals surface area (Å²) in [6.07, 6.45) is 4.03. The number of non-ortho nitro benzene ring substituents is 1. The van der Waals surface area contributed by atoms with Crippen molar-refractivity contribution < 1.29 is 4.92 Å². The molecule has 19 heavy (non-hydrogen) atoms. The molecular weight excluding hydrogens is 260 g/mol. The van der Waals surface area contributed by atoms with Crippen LogP contribution in [0.15, 0.2) is 18.2 Å². The molecule has 102 valence electrons. The lowest BCUT2D eigenvalue weighted by molar-refractivity contribution is -0.384. The predicted octanol–water partition coefficient (Wildman–Crippen LogP) is 2.99. The standard InChI is InChI=1S/C14H19N2O2S/c1-14(2,3)15-13-7-6-12(16(17)18)10-11(13)8-9-19(4)5/h6-7,10,15H,1-5H3/q+1. The summed E-state index contributed by atoms with van der Waals surface area (Å²) in [6.45, 7) is 6.11. The highest BCUT2D eigenvalue weighted by Crippen LogP contribution is 2.24. The van der Waals surface area contributed by atoms with Crippen LogP contribution in [0.4, 0.5) is 11.4 Å². The van der Waals surface area contributed by atoms with Gasteiger partial charge in [-0.1, -0.05) is 0 Å². The molecule has 1 N–H and O–H groups in total. The molecular formula is C14H19N2O2S+. The number of rotatable bonds is 2.